The highest BCUT2D eigenvalue weighted by atomic mass is 79.9. The molecular formula is C7H4BrNO. The molecule has 0 aromatic rings. The van der Waals surface area contributed by atoms with Gasteiger partial charge in [0, 0.05) is 21.5 Å². The van der Waals surface area contributed by atoms with Crippen LogP contribution in [0, 0.1) is 10.2 Å². The lowest BCUT2D eigenvalue weighted by molar-refractivity contribution is 0.480. The van der Waals surface area contributed by atoms with Crippen molar-refractivity contribution >= 4 is 15.9 Å². The highest BCUT2D eigenvalue weighted by Gasteiger charge is 2.15. The lowest BCUT2D eigenvalue weighted by atomic mass is 10.5. The minimum atomic E-state index is 0.426. The summed E-state index contributed by atoms with van der Waals surface area (Å²) in [5.74, 6) is 0.426. The Kier molecular flexibility index (Phi) is 1.93. The number of nitrogens with zero attached hydrogens (tertiary/aromatic N) is 1. The van der Waals surface area contributed by atoms with E-state index in [4.69, 9.17) is 10.4 Å². The summed E-state index contributed by atoms with van der Waals surface area (Å²) in [5, 5.41) is 16.0. The molecule has 2 aliphatic carbocycles. The average molecular weight is 198 g/mol. The van der Waals surface area contributed by atoms with E-state index in [-0.39, 0.29) is 0 Å². The molecule has 1 N–H and O–H groups in total. The zero-order valence-corrected chi connectivity index (χ0v) is 6.59. The standard InChI is InChI=1S/C6H4O.CBrN/c7-6-2-1-4-3-5(4)6;2-1-3/h1-3,7H;. The van der Waals surface area contributed by atoms with Crippen molar-refractivity contribution < 1.29 is 5.11 Å². The fourth-order valence-electron chi connectivity index (χ4n) is 0.738. The first kappa shape index (κ1) is 7.10. The van der Waals surface area contributed by atoms with E-state index in [1.165, 1.54) is 5.56 Å². The van der Waals surface area contributed by atoms with Gasteiger partial charge in [-0.3, -0.25) is 0 Å². The van der Waals surface area contributed by atoms with Crippen LogP contribution < -0.4 is 0 Å². The summed E-state index contributed by atoms with van der Waals surface area (Å²) >= 11 is 2.45. The van der Waals surface area contributed by atoms with Crippen LogP contribution >= 0.6 is 15.9 Å². The van der Waals surface area contributed by atoms with Crippen molar-refractivity contribution in [1.29, 1.82) is 5.26 Å². The lowest BCUT2D eigenvalue weighted by Gasteiger charge is -1.72. The average Bonchev–Trinajstić information content (AvgIpc) is 2.57. The Morgan fingerprint density at radius 2 is 2.10 bits per heavy atom. The summed E-state index contributed by atoms with van der Waals surface area (Å²) in [6.45, 7) is 0. The highest BCUT2D eigenvalue weighted by Crippen LogP contribution is 2.42. The van der Waals surface area contributed by atoms with Crippen molar-refractivity contribution in [2.45, 2.75) is 0 Å². The number of hydrogen-bond donors (Lipinski definition) is 1. The summed E-state index contributed by atoms with van der Waals surface area (Å²) in [6, 6.07) is 5.57. The second-order valence-corrected chi connectivity index (χ2v) is 2.17. The first-order chi connectivity index (χ1) is 4.79. The van der Waals surface area contributed by atoms with Crippen molar-refractivity contribution in [2.75, 3.05) is 0 Å². The highest BCUT2D eigenvalue weighted by molar-refractivity contribution is 9.12. The van der Waals surface area contributed by atoms with Gasteiger partial charge in [-0.2, -0.15) is 5.26 Å². The van der Waals surface area contributed by atoms with Gasteiger partial charge in [0.15, 0.2) is 0 Å². The van der Waals surface area contributed by atoms with Gasteiger partial charge in [-0.15, -0.1) is 0 Å². The molecule has 2 rings (SSSR count). The molecule has 0 saturated carbocycles. The van der Waals surface area contributed by atoms with Crippen LogP contribution in [0.25, 0.3) is 11.1 Å². The van der Waals surface area contributed by atoms with Crippen LogP contribution in [-0.2, 0) is 0 Å². The monoisotopic (exact) mass is 197 g/mol. The van der Waals surface area contributed by atoms with Gasteiger partial charge < -0.3 is 5.11 Å². The minimum absolute atomic E-state index is 0.426. The number of phenols is 1. The van der Waals surface area contributed by atoms with Crippen LogP contribution in [0.3, 0.4) is 0 Å². The van der Waals surface area contributed by atoms with E-state index in [0.717, 1.165) is 5.56 Å². The molecule has 0 bridgehead atoms. The summed E-state index contributed by atoms with van der Waals surface area (Å²) in [6.07, 6.45) is 0. The van der Waals surface area contributed by atoms with E-state index in [9.17, 15) is 0 Å². The second kappa shape index (κ2) is 2.72. The fourth-order valence-corrected chi connectivity index (χ4v) is 0.738. The molecule has 0 aliphatic heterocycles. The third kappa shape index (κ3) is 1.28. The third-order valence-corrected chi connectivity index (χ3v) is 1.22. The zero-order chi connectivity index (χ0) is 7.56. The van der Waals surface area contributed by atoms with Crippen LogP contribution in [0.15, 0.2) is 18.2 Å². The molecule has 10 heavy (non-hydrogen) atoms. The normalized spacial score (nSPS) is 8.80. The van der Waals surface area contributed by atoms with E-state index in [1.54, 1.807) is 11.0 Å². The molecule has 2 aliphatic rings. The van der Waals surface area contributed by atoms with Crippen molar-refractivity contribution in [1.82, 2.24) is 0 Å². The molecule has 0 saturated heterocycles. The van der Waals surface area contributed by atoms with Crippen molar-refractivity contribution in [3.63, 3.8) is 0 Å². The maximum atomic E-state index is 8.78. The number of fused-ring (bicyclic) bond motifs is 1. The fraction of sp³-hybridized carbons (Fsp3) is 0. The van der Waals surface area contributed by atoms with Gasteiger partial charge in [-0.05, 0) is 17.7 Å². The van der Waals surface area contributed by atoms with Crippen molar-refractivity contribution in [3.05, 3.63) is 18.2 Å². The number of halogens is 1. The lowest BCUT2D eigenvalue weighted by Crippen LogP contribution is -1.43. The van der Waals surface area contributed by atoms with Crippen LogP contribution in [0.1, 0.15) is 0 Å². The zero-order valence-electron chi connectivity index (χ0n) is 5.00. The second-order valence-electron chi connectivity index (χ2n) is 1.82. The molecule has 0 unspecified atom stereocenters. The molecule has 3 heteroatoms. The molecule has 0 heterocycles. The van der Waals surface area contributed by atoms with Crippen LogP contribution in [0.4, 0.5) is 0 Å². The number of rotatable bonds is 0. The number of benzene rings is 1. The molecule has 0 aromatic heterocycles. The van der Waals surface area contributed by atoms with Gasteiger partial charge in [0.1, 0.15) is 10.7 Å². The summed E-state index contributed by atoms with van der Waals surface area (Å²) < 4.78 is 0. The topological polar surface area (TPSA) is 44.0 Å². The van der Waals surface area contributed by atoms with Gasteiger partial charge in [0.2, 0.25) is 0 Å². The molecule has 0 amide bonds. The summed E-state index contributed by atoms with van der Waals surface area (Å²) in [4.78, 5) is 1.56. The number of phenolic OH excluding ortho intramolecular Hbond substituents is 1. The maximum Gasteiger partial charge on any atom is 0.142 e. The molecule has 0 radical (unpaired) electrons. The molecule has 2 nitrogen and oxygen atoms in total. The van der Waals surface area contributed by atoms with E-state index >= 15 is 0 Å². The predicted molar refractivity (Wildman–Crippen MR) is 41.6 cm³/mol. The van der Waals surface area contributed by atoms with E-state index in [0.29, 0.717) is 5.75 Å². The number of nitriles is 1. The van der Waals surface area contributed by atoms with E-state index in [1.807, 2.05) is 12.1 Å². The third-order valence-electron chi connectivity index (χ3n) is 1.22. The van der Waals surface area contributed by atoms with Crippen molar-refractivity contribution in [2.24, 2.45) is 0 Å². The Morgan fingerprint density at radius 1 is 1.50 bits per heavy atom. The van der Waals surface area contributed by atoms with Gasteiger partial charge in [-0.25, -0.2) is 0 Å². The Morgan fingerprint density at radius 3 is 2.20 bits per heavy atom. The Hall–Kier alpha value is -1.01. The van der Waals surface area contributed by atoms with Crippen LogP contribution in [0.2, 0.25) is 0 Å². The van der Waals surface area contributed by atoms with Gasteiger partial charge in [0.05, 0.1) is 0 Å². The molecule has 0 spiro atoms. The number of aromatic hydroxyl groups is 1. The molecule has 0 aromatic carbocycles. The van der Waals surface area contributed by atoms with Crippen LogP contribution in [0.5, 0.6) is 5.75 Å². The largest absolute Gasteiger partial charge is 0.507 e. The molecular weight excluding hydrogens is 194 g/mol. The number of hydrogen-bond acceptors (Lipinski definition) is 2. The quantitative estimate of drug-likeness (QED) is 0.705. The molecule has 0 fully saturated rings. The minimum Gasteiger partial charge on any atom is -0.507 e. The maximum absolute atomic E-state index is 8.78. The summed E-state index contributed by atoms with van der Waals surface area (Å²) in [7, 11) is 0. The van der Waals surface area contributed by atoms with Gasteiger partial charge in [0.25, 0.3) is 0 Å². The summed E-state index contributed by atoms with van der Waals surface area (Å²) in [5.41, 5.74) is 2.22. The van der Waals surface area contributed by atoms with Crippen molar-refractivity contribution in [3.8, 4) is 21.9 Å². The first-order valence-electron chi connectivity index (χ1n) is 2.62. The van der Waals surface area contributed by atoms with Gasteiger partial charge in [-0.1, -0.05) is 6.07 Å². The SMILES string of the molecule is N#CBr.Oc1ccc2cc1-2. The Bertz CT molecular complexity index is 290. The van der Waals surface area contributed by atoms with E-state index in [2.05, 4.69) is 15.9 Å². The van der Waals surface area contributed by atoms with Gasteiger partial charge >= 0.3 is 0 Å². The Balaban J connectivity index is 0.000000148. The molecule has 0 atom stereocenters. The predicted octanol–water partition coefficient (Wildman–Crippen LogP) is 2.23. The van der Waals surface area contributed by atoms with E-state index < -0.39 is 0 Å². The molecule has 50 valence electrons. The first-order valence-corrected chi connectivity index (χ1v) is 3.42. The Labute approximate surface area is 66.9 Å². The smallest absolute Gasteiger partial charge is 0.142 e. The van der Waals surface area contributed by atoms with Crippen LogP contribution in [-0.4, -0.2) is 5.11 Å².